The Morgan fingerprint density at radius 2 is 1.84 bits per heavy atom. The third-order valence-corrected chi connectivity index (χ3v) is 2.84. The number of aromatic nitrogens is 2. The Bertz CT molecular complexity index is 541. The van der Waals surface area contributed by atoms with E-state index in [2.05, 4.69) is 20.7 Å². The average Bonchev–Trinajstić information content (AvgIpc) is 2.43. The number of hydrogen-bond donors (Lipinski definition) is 3. The predicted molar refractivity (Wildman–Crippen MR) is 73.2 cm³/mol. The van der Waals surface area contributed by atoms with E-state index in [0.717, 1.165) is 23.4 Å². The van der Waals surface area contributed by atoms with Crippen LogP contribution in [0.3, 0.4) is 0 Å². The summed E-state index contributed by atoms with van der Waals surface area (Å²) in [7, 11) is 0. The Kier molecular flexibility index (Phi) is 4.25. The Morgan fingerprint density at radius 1 is 1.16 bits per heavy atom. The second-order valence-electron chi connectivity index (χ2n) is 4.14. The standard InChI is InChI=1S/C13H16FN5/c1-9-12(17-8-18-13(9)19-15)16-7-6-10-2-4-11(14)5-3-10/h2-5,8H,6-7,15H2,1H3,(H2,16,17,18,19). The van der Waals surface area contributed by atoms with Crippen molar-refractivity contribution in [2.75, 3.05) is 17.3 Å². The van der Waals surface area contributed by atoms with Gasteiger partial charge in [0.05, 0.1) is 0 Å². The molecule has 0 aliphatic carbocycles. The van der Waals surface area contributed by atoms with Crippen molar-refractivity contribution in [3.05, 3.63) is 47.5 Å². The van der Waals surface area contributed by atoms with Crippen molar-refractivity contribution < 1.29 is 4.39 Å². The molecule has 1 heterocycles. The Balaban J connectivity index is 1.94. The number of nitrogens with one attached hydrogen (secondary N) is 2. The highest BCUT2D eigenvalue weighted by atomic mass is 19.1. The number of nitrogen functional groups attached to an aromatic ring is 1. The van der Waals surface area contributed by atoms with Gasteiger partial charge in [-0.25, -0.2) is 20.2 Å². The molecule has 0 spiro atoms. The maximum atomic E-state index is 12.8. The van der Waals surface area contributed by atoms with Gasteiger partial charge in [0.2, 0.25) is 0 Å². The van der Waals surface area contributed by atoms with E-state index in [9.17, 15) is 4.39 Å². The predicted octanol–water partition coefficient (Wildman–Crippen LogP) is 1.86. The number of hydrogen-bond acceptors (Lipinski definition) is 5. The summed E-state index contributed by atoms with van der Waals surface area (Å²) >= 11 is 0. The molecule has 0 saturated heterocycles. The molecule has 1 aromatic carbocycles. The maximum Gasteiger partial charge on any atom is 0.148 e. The first-order chi connectivity index (χ1) is 9.20. The molecule has 5 nitrogen and oxygen atoms in total. The number of benzene rings is 1. The molecule has 6 heteroatoms. The van der Waals surface area contributed by atoms with Crippen LogP contribution in [0.4, 0.5) is 16.0 Å². The van der Waals surface area contributed by atoms with E-state index in [1.54, 1.807) is 12.1 Å². The molecule has 0 radical (unpaired) electrons. The Morgan fingerprint density at radius 3 is 2.53 bits per heavy atom. The average molecular weight is 261 g/mol. The molecule has 19 heavy (non-hydrogen) atoms. The molecule has 0 saturated carbocycles. The number of nitrogens with zero attached hydrogens (tertiary/aromatic N) is 2. The zero-order chi connectivity index (χ0) is 13.7. The first-order valence-electron chi connectivity index (χ1n) is 5.97. The third kappa shape index (κ3) is 3.38. The van der Waals surface area contributed by atoms with Gasteiger partial charge in [-0.3, -0.25) is 0 Å². The molecule has 2 aromatic rings. The van der Waals surface area contributed by atoms with E-state index in [1.165, 1.54) is 18.5 Å². The molecule has 100 valence electrons. The van der Waals surface area contributed by atoms with Crippen molar-refractivity contribution in [3.63, 3.8) is 0 Å². The zero-order valence-corrected chi connectivity index (χ0v) is 10.7. The summed E-state index contributed by atoms with van der Waals surface area (Å²) in [4.78, 5) is 8.16. The van der Waals surface area contributed by atoms with Gasteiger partial charge >= 0.3 is 0 Å². The van der Waals surface area contributed by atoms with E-state index in [4.69, 9.17) is 5.84 Å². The van der Waals surface area contributed by atoms with Gasteiger partial charge in [-0.15, -0.1) is 0 Å². The van der Waals surface area contributed by atoms with Crippen LogP contribution in [0, 0.1) is 12.7 Å². The van der Waals surface area contributed by atoms with Gasteiger partial charge < -0.3 is 10.7 Å². The van der Waals surface area contributed by atoms with Gasteiger partial charge in [0.1, 0.15) is 23.8 Å². The van der Waals surface area contributed by atoms with Crippen LogP contribution in [0.5, 0.6) is 0 Å². The van der Waals surface area contributed by atoms with Crippen LogP contribution in [0.1, 0.15) is 11.1 Å². The molecule has 1 aromatic heterocycles. The number of anilines is 2. The molecule has 2 rings (SSSR count). The largest absolute Gasteiger partial charge is 0.369 e. The van der Waals surface area contributed by atoms with E-state index < -0.39 is 0 Å². The monoisotopic (exact) mass is 261 g/mol. The SMILES string of the molecule is Cc1c(NN)ncnc1NCCc1ccc(F)cc1. The van der Waals surface area contributed by atoms with Gasteiger partial charge in [0.25, 0.3) is 0 Å². The second kappa shape index (κ2) is 6.10. The van der Waals surface area contributed by atoms with Crippen LogP contribution in [-0.4, -0.2) is 16.5 Å². The molecule has 0 unspecified atom stereocenters. The van der Waals surface area contributed by atoms with Crippen molar-refractivity contribution in [2.45, 2.75) is 13.3 Å². The number of rotatable bonds is 5. The van der Waals surface area contributed by atoms with Crippen molar-refractivity contribution in [1.82, 2.24) is 9.97 Å². The number of hydrazine groups is 1. The smallest absolute Gasteiger partial charge is 0.148 e. The minimum atomic E-state index is -0.220. The van der Waals surface area contributed by atoms with E-state index in [-0.39, 0.29) is 5.82 Å². The molecule has 0 aliphatic heterocycles. The summed E-state index contributed by atoms with van der Waals surface area (Å²) in [6.07, 6.45) is 2.23. The lowest BCUT2D eigenvalue weighted by atomic mass is 10.1. The normalized spacial score (nSPS) is 10.3. The fraction of sp³-hybridized carbons (Fsp3) is 0.231. The van der Waals surface area contributed by atoms with Crippen LogP contribution in [0.15, 0.2) is 30.6 Å². The van der Waals surface area contributed by atoms with Gasteiger partial charge in [-0.2, -0.15) is 0 Å². The molecule has 0 bridgehead atoms. The summed E-state index contributed by atoms with van der Waals surface area (Å²) < 4.78 is 12.8. The number of nitrogens with two attached hydrogens (primary N) is 1. The lowest BCUT2D eigenvalue weighted by molar-refractivity contribution is 0.627. The molecular formula is C13H16FN5. The highest BCUT2D eigenvalue weighted by molar-refractivity contribution is 5.55. The fourth-order valence-corrected chi connectivity index (χ4v) is 1.75. The molecule has 0 amide bonds. The Hall–Kier alpha value is -2.21. The van der Waals surface area contributed by atoms with Crippen LogP contribution in [0.2, 0.25) is 0 Å². The highest BCUT2D eigenvalue weighted by Gasteiger charge is 2.04. The molecule has 0 aliphatic rings. The zero-order valence-electron chi connectivity index (χ0n) is 10.7. The lowest BCUT2D eigenvalue weighted by Crippen LogP contribution is -2.13. The first kappa shape index (κ1) is 13.2. The molecule has 0 fully saturated rings. The fourth-order valence-electron chi connectivity index (χ4n) is 1.75. The van der Waals surface area contributed by atoms with Crippen LogP contribution in [-0.2, 0) is 6.42 Å². The minimum Gasteiger partial charge on any atom is -0.369 e. The summed E-state index contributed by atoms with van der Waals surface area (Å²) in [6.45, 7) is 2.59. The van der Waals surface area contributed by atoms with Crippen LogP contribution < -0.4 is 16.6 Å². The van der Waals surface area contributed by atoms with Gasteiger partial charge in [-0.1, -0.05) is 12.1 Å². The van der Waals surface area contributed by atoms with Crippen LogP contribution in [0.25, 0.3) is 0 Å². The van der Waals surface area contributed by atoms with E-state index >= 15 is 0 Å². The van der Waals surface area contributed by atoms with Crippen molar-refractivity contribution >= 4 is 11.6 Å². The van der Waals surface area contributed by atoms with Gasteiger partial charge in [-0.05, 0) is 31.0 Å². The summed E-state index contributed by atoms with van der Waals surface area (Å²) in [5.74, 6) is 6.47. The van der Waals surface area contributed by atoms with E-state index in [1.807, 2.05) is 6.92 Å². The van der Waals surface area contributed by atoms with Gasteiger partial charge in [0.15, 0.2) is 0 Å². The van der Waals surface area contributed by atoms with Crippen molar-refractivity contribution in [2.24, 2.45) is 5.84 Å². The molecular weight excluding hydrogens is 245 g/mol. The summed E-state index contributed by atoms with van der Waals surface area (Å²) in [6, 6.07) is 6.47. The molecule has 4 N–H and O–H groups in total. The summed E-state index contributed by atoms with van der Waals surface area (Å²) in [5, 5.41) is 3.21. The van der Waals surface area contributed by atoms with E-state index in [0.29, 0.717) is 12.4 Å². The Labute approximate surface area is 111 Å². The quantitative estimate of drug-likeness (QED) is 0.566. The first-order valence-corrected chi connectivity index (χ1v) is 5.97. The van der Waals surface area contributed by atoms with Crippen molar-refractivity contribution in [3.8, 4) is 0 Å². The maximum absolute atomic E-state index is 12.8. The number of halogens is 1. The van der Waals surface area contributed by atoms with Crippen molar-refractivity contribution in [1.29, 1.82) is 0 Å². The van der Waals surface area contributed by atoms with Gasteiger partial charge in [0, 0.05) is 12.1 Å². The molecule has 0 atom stereocenters. The minimum absolute atomic E-state index is 0.220. The highest BCUT2D eigenvalue weighted by Crippen LogP contribution is 2.16. The summed E-state index contributed by atoms with van der Waals surface area (Å²) in [5.41, 5.74) is 4.45. The second-order valence-corrected chi connectivity index (χ2v) is 4.14. The topological polar surface area (TPSA) is 75.9 Å². The van der Waals surface area contributed by atoms with Crippen LogP contribution >= 0.6 is 0 Å². The lowest BCUT2D eigenvalue weighted by Gasteiger charge is -2.10. The third-order valence-electron chi connectivity index (χ3n) is 2.84.